The van der Waals surface area contributed by atoms with E-state index in [9.17, 15) is 8.78 Å². The second-order valence-electron chi connectivity index (χ2n) is 2.73. The predicted molar refractivity (Wildman–Crippen MR) is 48.5 cm³/mol. The van der Waals surface area contributed by atoms with Gasteiger partial charge in [0.15, 0.2) is 0 Å². The molecule has 0 spiro atoms. The van der Waals surface area contributed by atoms with Crippen molar-refractivity contribution in [3.63, 3.8) is 0 Å². The monoisotopic (exact) mass is 216 g/mol. The van der Waals surface area contributed by atoms with Crippen LogP contribution >= 0.6 is 11.6 Å². The minimum atomic E-state index is -0.987. The zero-order valence-corrected chi connectivity index (χ0v) is 7.85. The van der Waals surface area contributed by atoms with Crippen LogP contribution in [0.1, 0.15) is 18.0 Å². The molecule has 0 bridgehead atoms. The molecule has 0 heterocycles. The Kier molecular flexibility index (Phi) is 3.39. The molecule has 1 rings (SSSR count). The number of nitriles is 1. The lowest BCUT2D eigenvalue weighted by molar-refractivity contribution is 0.528. The first kappa shape index (κ1) is 10.9. The highest BCUT2D eigenvalue weighted by molar-refractivity contribution is 6.30. The molecule has 0 aliphatic heterocycles. The summed E-state index contributed by atoms with van der Waals surface area (Å²) in [6, 6.07) is 2.88. The third kappa shape index (κ3) is 2.00. The molecule has 14 heavy (non-hydrogen) atoms. The van der Waals surface area contributed by atoms with Crippen LogP contribution in [0.5, 0.6) is 0 Å². The van der Waals surface area contributed by atoms with Gasteiger partial charge in [0.2, 0.25) is 0 Å². The predicted octanol–water partition coefficient (Wildman–Crippen LogP) is 2.53. The Morgan fingerprint density at radius 3 is 2.71 bits per heavy atom. The van der Waals surface area contributed by atoms with Gasteiger partial charge < -0.3 is 5.73 Å². The molecule has 1 aromatic rings. The zero-order chi connectivity index (χ0) is 10.7. The van der Waals surface area contributed by atoms with Gasteiger partial charge in [0.05, 0.1) is 17.5 Å². The Bertz CT molecular complexity index is 387. The van der Waals surface area contributed by atoms with Crippen LogP contribution in [0.25, 0.3) is 0 Å². The van der Waals surface area contributed by atoms with Gasteiger partial charge >= 0.3 is 0 Å². The van der Waals surface area contributed by atoms with Crippen molar-refractivity contribution in [2.75, 3.05) is 0 Å². The summed E-state index contributed by atoms with van der Waals surface area (Å²) in [7, 11) is 0. The summed E-state index contributed by atoms with van der Waals surface area (Å²) in [5.74, 6) is -1.68. The van der Waals surface area contributed by atoms with Crippen molar-refractivity contribution in [1.82, 2.24) is 0 Å². The highest BCUT2D eigenvalue weighted by Gasteiger charge is 2.18. The third-order valence-corrected chi connectivity index (χ3v) is 2.05. The number of nitrogens with two attached hydrogens (primary N) is 1. The molecule has 0 amide bonds. The molecule has 2 nitrogen and oxygen atoms in total. The van der Waals surface area contributed by atoms with Gasteiger partial charge in [-0.05, 0) is 12.1 Å². The van der Waals surface area contributed by atoms with Gasteiger partial charge in [0.1, 0.15) is 11.6 Å². The van der Waals surface area contributed by atoms with E-state index in [-0.39, 0.29) is 17.0 Å². The van der Waals surface area contributed by atoms with Gasteiger partial charge in [-0.1, -0.05) is 11.6 Å². The number of halogens is 3. The summed E-state index contributed by atoms with van der Waals surface area (Å²) in [6.45, 7) is 0. The number of hydrogen-bond acceptors (Lipinski definition) is 2. The standard InChI is InChI=1S/C9H7ClF2N2/c10-5-1-2-6(11)8(9(5)12)7(14)3-4-13/h1-2,7H,3,14H2/t7-/m0/s1. The van der Waals surface area contributed by atoms with E-state index in [2.05, 4.69) is 0 Å². The molecule has 0 fully saturated rings. The van der Waals surface area contributed by atoms with Crippen LogP contribution in [0.15, 0.2) is 12.1 Å². The first-order chi connectivity index (χ1) is 6.57. The van der Waals surface area contributed by atoms with Crippen LogP contribution in [-0.4, -0.2) is 0 Å². The van der Waals surface area contributed by atoms with Gasteiger partial charge in [0, 0.05) is 11.6 Å². The summed E-state index contributed by atoms with van der Waals surface area (Å²) >= 11 is 5.45. The normalized spacial score (nSPS) is 12.2. The molecule has 0 saturated heterocycles. The molecule has 1 atom stereocenters. The average Bonchev–Trinajstić information content (AvgIpc) is 2.13. The van der Waals surface area contributed by atoms with E-state index in [0.29, 0.717) is 0 Å². The molecule has 5 heteroatoms. The quantitative estimate of drug-likeness (QED) is 0.773. The Morgan fingerprint density at radius 2 is 2.14 bits per heavy atom. The van der Waals surface area contributed by atoms with Crippen molar-refractivity contribution in [2.45, 2.75) is 12.5 Å². The van der Waals surface area contributed by atoms with Gasteiger partial charge in [-0.3, -0.25) is 0 Å². The number of nitrogens with zero attached hydrogens (tertiary/aromatic N) is 1. The minimum absolute atomic E-state index is 0.159. The van der Waals surface area contributed by atoms with Crippen molar-refractivity contribution < 1.29 is 8.78 Å². The van der Waals surface area contributed by atoms with Gasteiger partial charge in [-0.15, -0.1) is 0 Å². The second kappa shape index (κ2) is 4.36. The minimum Gasteiger partial charge on any atom is -0.323 e. The van der Waals surface area contributed by atoms with Crippen LogP contribution in [0.2, 0.25) is 5.02 Å². The largest absolute Gasteiger partial charge is 0.323 e. The Labute approximate surface area is 84.9 Å². The van der Waals surface area contributed by atoms with E-state index in [0.717, 1.165) is 12.1 Å². The lowest BCUT2D eigenvalue weighted by Gasteiger charge is -2.10. The maximum Gasteiger partial charge on any atom is 0.149 e. The van der Waals surface area contributed by atoms with Crippen molar-refractivity contribution in [3.05, 3.63) is 34.4 Å². The summed E-state index contributed by atoms with van der Waals surface area (Å²) in [5.41, 5.74) is 5.08. The second-order valence-corrected chi connectivity index (χ2v) is 3.13. The molecule has 0 unspecified atom stereocenters. The van der Waals surface area contributed by atoms with Crippen LogP contribution in [-0.2, 0) is 0 Å². The molecule has 0 saturated carbocycles. The molecule has 2 N–H and O–H groups in total. The van der Waals surface area contributed by atoms with E-state index < -0.39 is 17.7 Å². The van der Waals surface area contributed by atoms with Crippen LogP contribution in [0, 0.1) is 23.0 Å². The fraction of sp³-hybridized carbons (Fsp3) is 0.222. The molecule has 0 aliphatic carbocycles. The summed E-state index contributed by atoms with van der Waals surface area (Å²) in [6.07, 6.45) is -0.159. The number of hydrogen-bond donors (Lipinski definition) is 1. The Hall–Kier alpha value is -1.18. The number of rotatable bonds is 2. The molecular formula is C9H7ClF2N2. The average molecular weight is 217 g/mol. The van der Waals surface area contributed by atoms with E-state index in [4.69, 9.17) is 22.6 Å². The van der Waals surface area contributed by atoms with Crippen LogP contribution in [0.4, 0.5) is 8.78 Å². The first-order valence-corrected chi connectivity index (χ1v) is 4.21. The summed E-state index contributed by atoms with van der Waals surface area (Å²) in [4.78, 5) is 0. The molecule has 0 aromatic heterocycles. The highest BCUT2D eigenvalue weighted by Crippen LogP contribution is 2.26. The maximum absolute atomic E-state index is 13.3. The van der Waals surface area contributed by atoms with Crippen molar-refractivity contribution in [3.8, 4) is 6.07 Å². The van der Waals surface area contributed by atoms with E-state index in [1.807, 2.05) is 0 Å². The van der Waals surface area contributed by atoms with Gasteiger partial charge in [-0.25, -0.2) is 8.78 Å². The molecule has 0 radical (unpaired) electrons. The molecule has 74 valence electrons. The number of benzene rings is 1. The topological polar surface area (TPSA) is 49.8 Å². The Morgan fingerprint density at radius 1 is 1.50 bits per heavy atom. The van der Waals surface area contributed by atoms with Crippen molar-refractivity contribution >= 4 is 11.6 Å². The summed E-state index contributed by atoms with van der Waals surface area (Å²) in [5, 5.41) is 8.14. The third-order valence-electron chi connectivity index (χ3n) is 1.76. The fourth-order valence-electron chi connectivity index (χ4n) is 1.08. The van der Waals surface area contributed by atoms with Crippen LogP contribution < -0.4 is 5.73 Å². The van der Waals surface area contributed by atoms with E-state index in [1.54, 1.807) is 6.07 Å². The highest BCUT2D eigenvalue weighted by atomic mass is 35.5. The van der Waals surface area contributed by atoms with Crippen molar-refractivity contribution in [1.29, 1.82) is 5.26 Å². The lowest BCUT2D eigenvalue weighted by atomic mass is 10.0. The smallest absolute Gasteiger partial charge is 0.149 e. The lowest BCUT2D eigenvalue weighted by Crippen LogP contribution is -2.13. The van der Waals surface area contributed by atoms with Crippen LogP contribution in [0.3, 0.4) is 0 Å². The van der Waals surface area contributed by atoms with Crippen molar-refractivity contribution in [2.24, 2.45) is 5.73 Å². The molecular weight excluding hydrogens is 210 g/mol. The SMILES string of the molecule is N#CC[C@H](N)c1c(F)ccc(Cl)c1F. The maximum atomic E-state index is 13.3. The van der Waals surface area contributed by atoms with Gasteiger partial charge in [-0.2, -0.15) is 5.26 Å². The summed E-state index contributed by atoms with van der Waals surface area (Å²) < 4.78 is 26.4. The fourth-order valence-corrected chi connectivity index (χ4v) is 1.25. The Balaban J connectivity index is 3.19. The van der Waals surface area contributed by atoms with Gasteiger partial charge in [0.25, 0.3) is 0 Å². The molecule has 1 aromatic carbocycles. The molecule has 0 aliphatic rings. The first-order valence-electron chi connectivity index (χ1n) is 3.84. The van der Waals surface area contributed by atoms with E-state index >= 15 is 0 Å². The van der Waals surface area contributed by atoms with E-state index in [1.165, 1.54) is 0 Å². The zero-order valence-electron chi connectivity index (χ0n) is 7.10.